The molecule has 2 heterocycles. The molecule has 1 amide bonds. The first kappa shape index (κ1) is 16.8. The van der Waals surface area contributed by atoms with Gasteiger partial charge in [0, 0.05) is 29.8 Å². The van der Waals surface area contributed by atoms with Gasteiger partial charge in [0.1, 0.15) is 5.82 Å². The molecule has 0 saturated heterocycles. The molecule has 0 aliphatic carbocycles. The van der Waals surface area contributed by atoms with Crippen LogP contribution in [0.1, 0.15) is 21.7 Å². The number of aryl methyl sites for hydroxylation is 2. The standard InChI is InChI=1S/C19H17N7O/c1-11-15(18(27)22-19-23-24-25-26(19)3)9-14-10-20-12(2)21-17(14)16(11)13-7-5-4-6-8-13/h4-10H,1-3H3,(H,22,23,25,27). The Bertz CT molecular complexity index is 1150. The summed E-state index contributed by atoms with van der Waals surface area (Å²) in [6.45, 7) is 3.77. The van der Waals surface area contributed by atoms with Gasteiger partial charge in [-0.1, -0.05) is 35.4 Å². The number of anilines is 1. The van der Waals surface area contributed by atoms with Gasteiger partial charge in [-0.15, -0.1) is 0 Å². The molecule has 0 saturated carbocycles. The second-order valence-corrected chi connectivity index (χ2v) is 6.23. The molecule has 4 aromatic rings. The topological polar surface area (TPSA) is 98.5 Å². The summed E-state index contributed by atoms with van der Waals surface area (Å²) in [6.07, 6.45) is 1.74. The zero-order valence-corrected chi connectivity index (χ0v) is 15.1. The number of hydrogen-bond donors (Lipinski definition) is 1. The summed E-state index contributed by atoms with van der Waals surface area (Å²) < 4.78 is 1.40. The lowest BCUT2D eigenvalue weighted by molar-refractivity contribution is 0.102. The molecule has 0 unspecified atom stereocenters. The number of fused-ring (bicyclic) bond motifs is 1. The molecule has 27 heavy (non-hydrogen) atoms. The fraction of sp³-hybridized carbons (Fsp3) is 0.158. The molecule has 0 aliphatic rings. The van der Waals surface area contributed by atoms with Gasteiger partial charge in [-0.2, -0.15) is 0 Å². The molecule has 2 aromatic carbocycles. The van der Waals surface area contributed by atoms with Crippen molar-refractivity contribution < 1.29 is 4.79 Å². The van der Waals surface area contributed by atoms with Gasteiger partial charge in [-0.05, 0) is 41.5 Å². The van der Waals surface area contributed by atoms with Gasteiger partial charge in [0.2, 0.25) is 5.95 Å². The van der Waals surface area contributed by atoms with Gasteiger partial charge in [-0.3, -0.25) is 10.1 Å². The second-order valence-electron chi connectivity index (χ2n) is 6.23. The molecule has 2 aromatic heterocycles. The molecular weight excluding hydrogens is 342 g/mol. The Kier molecular flexibility index (Phi) is 4.08. The van der Waals surface area contributed by atoms with E-state index in [1.807, 2.05) is 44.2 Å². The maximum Gasteiger partial charge on any atom is 0.258 e. The van der Waals surface area contributed by atoms with Crippen molar-refractivity contribution in [1.29, 1.82) is 0 Å². The summed E-state index contributed by atoms with van der Waals surface area (Å²) in [5.41, 5.74) is 4.09. The van der Waals surface area contributed by atoms with Crippen LogP contribution in [0, 0.1) is 13.8 Å². The van der Waals surface area contributed by atoms with Crippen LogP contribution >= 0.6 is 0 Å². The maximum atomic E-state index is 12.9. The van der Waals surface area contributed by atoms with E-state index in [0.717, 1.165) is 27.6 Å². The van der Waals surface area contributed by atoms with E-state index < -0.39 is 0 Å². The zero-order chi connectivity index (χ0) is 19.0. The number of carbonyl (C=O) groups excluding carboxylic acids is 1. The molecule has 4 rings (SSSR count). The Labute approximate surface area is 155 Å². The van der Waals surface area contributed by atoms with Crippen molar-refractivity contribution in [2.24, 2.45) is 7.05 Å². The van der Waals surface area contributed by atoms with Crippen LogP contribution in [0.15, 0.2) is 42.6 Å². The number of nitrogens with one attached hydrogen (secondary N) is 1. The number of tetrazole rings is 1. The smallest absolute Gasteiger partial charge is 0.258 e. The summed E-state index contributed by atoms with van der Waals surface area (Å²) in [5, 5.41) is 14.6. The van der Waals surface area contributed by atoms with Gasteiger partial charge in [0.25, 0.3) is 5.91 Å². The minimum Gasteiger partial charge on any atom is -0.289 e. The zero-order valence-electron chi connectivity index (χ0n) is 15.1. The third-order valence-electron chi connectivity index (χ3n) is 4.41. The number of nitrogens with zero attached hydrogens (tertiary/aromatic N) is 6. The van der Waals surface area contributed by atoms with Gasteiger partial charge >= 0.3 is 0 Å². The number of amides is 1. The molecule has 0 atom stereocenters. The number of rotatable bonds is 3. The quantitative estimate of drug-likeness (QED) is 0.604. The molecule has 0 aliphatic heterocycles. The van der Waals surface area contributed by atoms with E-state index in [0.29, 0.717) is 11.4 Å². The molecule has 8 heteroatoms. The first-order valence-corrected chi connectivity index (χ1v) is 8.40. The highest BCUT2D eigenvalue weighted by molar-refractivity contribution is 6.10. The van der Waals surface area contributed by atoms with Crippen molar-refractivity contribution in [3.63, 3.8) is 0 Å². The third kappa shape index (κ3) is 3.01. The highest BCUT2D eigenvalue weighted by Crippen LogP contribution is 2.33. The van der Waals surface area contributed by atoms with Gasteiger partial charge < -0.3 is 0 Å². The minimum absolute atomic E-state index is 0.279. The lowest BCUT2D eigenvalue weighted by atomic mass is 9.93. The lowest BCUT2D eigenvalue weighted by Gasteiger charge is -2.15. The molecule has 134 valence electrons. The molecule has 0 radical (unpaired) electrons. The molecule has 0 bridgehead atoms. The van der Waals surface area contributed by atoms with E-state index in [2.05, 4.69) is 30.8 Å². The first-order valence-electron chi connectivity index (χ1n) is 8.40. The number of benzene rings is 2. The van der Waals surface area contributed by atoms with Crippen LogP contribution in [0.3, 0.4) is 0 Å². The van der Waals surface area contributed by atoms with Crippen molar-refractivity contribution in [3.05, 3.63) is 59.5 Å². The van der Waals surface area contributed by atoms with Gasteiger partial charge in [-0.25, -0.2) is 14.6 Å². The predicted molar refractivity (Wildman–Crippen MR) is 101 cm³/mol. The van der Waals surface area contributed by atoms with Crippen molar-refractivity contribution in [3.8, 4) is 11.1 Å². The van der Waals surface area contributed by atoms with E-state index in [4.69, 9.17) is 0 Å². The molecular formula is C19H17N7O. The fourth-order valence-electron chi connectivity index (χ4n) is 3.06. The summed E-state index contributed by atoms with van der Waals surface area (Å²) >= 11 is 0. The Morgan fingerprint density at radius 3 is 2.63 bits per heavy atom. The fourth-order valence-corrected chi connectivity index (χ4v) is 3.06. The van der Waals surface area contributed by atoms with E-state index in [9.17, 15) is 4.79 Å². The molecule has 8 nitrogen and oxygen atoms in total. The van der Waals surface area contributed by atoms with Crippen LogP contribution < -0.4 is 5.32 Å². The van der Waals surface area contributed by atoms with Crippen LogP contribution in [0.4, 0.5) is 5.95 Å². The van der Waals surface area contributed by atoms with Crippen molar-refractivity contribution >= 4 is 22.8 Å². The Morgan fingerprint density at radius 2 is 1.93 bits per heavy atom. The summed E-state index contributed by atoms with van der Waals surface area (Å²) in [4.78, 5) is 21.8. The predicted octanol–water partition coefficient (Wildman–Crippen LogP) is 2.69. The molecule has 1 N–H and O–H groups in total. The van der Waals surface area contributed by atoms with Crippen LogP contribution in [0.2, 0.25) is 0 Å². The highest BCUT2D eigenvalue weighted by Gasteiger charge is 2.19. The molecule has 0 spiro atoms. The van der Waals surface area contributed by atoms with Crippen molar-refractivity contribution in [2.45, 2.75) is 13.8 Å². The van der Waals surface area contributed by atoms with Crippen molar-refractivity contribution in [2.75, 3.05) is 5.32 Å². The average Bonchev–Trinajstić information content (AvgIpc) is 3.06. The lowest BCUT2D eigenvalue weighted by Crippen LogP contribution is -2.17. The Morgan fingerprint density at radius 1 is 1.15 bits per heavy atom. The average molecular weight is 359 g/mol. The number of hydrogen-bond acceptors (Lipinski definition) is 6. The normalized spacial score (nSPS) is 10.9. The van der Waals surface area contributed by atoms with Crippen LogP contribution in [-0.4, -0.2) is 36.1 Å². The first-order chi connectivity index (χ1) is 13.0. The van der Waals surface area contributed by atoms with Crippen LogP contribution in [-0.2, 0) is 7.05 Å². The monoisotopic (exact) mass is 359 g/mol. The minimum atomic E-state index is -0.287. The number of carbonyl (C=O) groups is 1. The van der Waals surface area contributed by atoms with E-state index in [1.54, 1.807) is 19.3 Å². The summed E-state index contributed by atoms with van der Waals surface area (Å²) in [6, 6.07) is 11.7. The van der Waals surface area contributed by atoms with Crippen LogP contribution in [0.25, 0.3) is 22.0 Å². The third-order valence-corrected chi connectivity index (χ3v) is 4.41. The second kappa shape index (κ2) is 6.56. The Hall–Kier alpha value is -3.68. The maximum absolute atomic E-state index is 12.9. The van der Waals surface area contributed by atoms with E-state index in [-0.39, 0.29) is 11.9 Å². The number of aromatic nitrogens is 6. The van der Waals surface area contributed by atoms with Crippen LogP contribution in [0.5, 0.6) is 0 Å². The van der Waals surface area contributed by atoms with Crippen molar-refractivity contribution in [1.82, 2.24) is 30.2 Å². The highest BCUT2D eigenvalue weighted by atomic mass is 16.1. The van der Waals surface area contributed by atoms with Gasteiger partial charge in [0.05, 0.1) is 5.52 Å². The van der Waals surface area contributed by atoms with E-state index >= 15 is 0 Å². The summed E-state index contributed by atoms with van der Waals surface area (Å²) in [7, 11) is 1.66. The molecule has 0 fully saturated rings. The SMILES string of the molecule is Cc1ncc2cc(C(=O)Nc3nnnn3C)c(C)c(-c3ccccc3)c2n1. The van der Waals surface area contributed by atoms with E-state index in [1.165, 1.54) is 4.68 Å². The summed E-state index contributed by atoms with van der Waals surface area (Å²) in [5.74, 6) is 0.674. The largest absolute Gasteiger partial charge is 0.289 e. The Balaban J connectivity index is 1.92. The van der Waals surface area contributed by atoms with Gasteiger partial charge in [0.15, 0.2) is 0 Å².